The molecule has 0 heterocycles. The molecule has 0 aliphatic heterocycles. The van der Waals surface area contributed by atoms with E-state index in [2.05, 4.69) is 78.3 Å². The molecule has 126 valence electrons. The maximum absolute atomic E-state index is 8.95. The lowest BCUT2D eigenvalue weighted by Crippen LogP contribution is -2.24. The second-order valence-corrected chi connectivity index (χ2v) is 8.36. The maximum Gasteiger partial charge on any atom is 0.292 e. The molecule has 0 saturated carbocycles. The minimum Gasteiger partial charge on any atom is -0.471 e. The molecule has 1 atom stereocenters. The van der Waals surface area contributed by atoms with Gasteiger partial charge in [0.2, 0.25) is 0 Å². The van der Waals surface area contributed by atoms with Crippen LogP contribution < -0.4 is 0 Å². The second kappa shape index (κ2) is 8.36. The Hall–Kier alpha value is -1.31. The highest BCUT2D eigenvalue weighted by Gasteiger charge is 2.30. The van der Waals surface area contributed by atoms with Crippen LogP contribution >= 0.6 is 0 Å². The van der Waals surface area contributed by atoms with Crippen molar-refractivity contribution in [2.75, 3.05) is 7.11 Å². The largest absolute Gasteiger partial charge is 0.471 e. The highest BCUT2D eigenvalue weighted by molar-refractivity contribution is 5.36. The summed E-state index contributed by atoms with van der Waals surface area (Å²) in [6.07, 6.45) is 1.24. The molecule has 0 N–H and O–H groups in total. The average Bonchev–Trinajstić information content (AvgIpc) is 2.37. The first kappa shape index (κ1) is 20.7. The normalized spacial score (nSPS) is 13.0. The summed E-state index contributed by atoms with van der Waals surface area (Å²) in [4.78, 5) is 8.95. The van der Waals surface area contributed by atoms with E-state index in [1.54, 1.807) is 0 Å². The molecule has 1 aromatic carbocycles. The van der Waals surface area contributed by atoms with Crippen molar-refractivity contribution in [1.82, 2.24) is 0 Å². The quantitative estimate of drug-likeness (QED) is 0.674. The van der Waals surface area contributed by atoms with Gasteiger partial charge in [-0.3, -0.25) is 4.79 Å². The van der Waals surface area contributed by atoms with E-state index >= 15 is 0 Å². The summed E-state index contributed by atoms with van der Waals surface area (Å²) in [5, 5.41) is 0. The van der Waals surface area contributed by atoms with Gasteiger partial charge in [0.1, 0.15) is 0 Å². The van der Waals surface area contributed by atoms with Gasteiger partial charge in [-0.05, 0) is 53.7 Å². The van der Waals surface area contributed by atoms with Crippen LogP contribution in [0, 0.1) is 24.7 Å². The minimum atomic E-state index is 0.314. The molecule has 1 rings (SSSR count). The fourth-order valence-corrected chi connectivity index (χ4v) is 2.52. The summed E-state index contributed by atoms with van der Waals surface area (Å²) in [7, 11) is 1.31. The lowest BCUT2D eigenvalue weighted by atomic mass is 9.69. The van der Waals surface area contributed by atoms with E-state index < -0.39 is 0 Å². The van der Waals surface area contributed by atoms with Crippen molar-refractivity contribution >= 4 is 6.47 Å². The van der Waals surface area contributed by atoms with Crippen molar-refractivity contribution in [2.24, 2.45) is 10.8 Å². The molecule has 1 aromatic rings. The molecule has 22 heavy (non-hydrogen) atoms. The van der Waals surface area contributed by atoms with Gasteiger partial charge in [0.05, 0.1) is 7.11 Å². The zero-order valence-corrected chi connectivity index (χ0v) is 15.9. The highest BCUT2D eigenvalue weighted by Crippen LogP contribution is 2.43. The van der Waals surface area contributed by atoms with Crippen LogP contribution in [0.1, 0.15) is 70.6 Å². The lowest BCUT2D eigenvalue weighted by molar-refractivity contribution is -0.126. The summed E-state index contributed by atoms with van der Waals surface area (Å²) in [5.74, 6) is 0.622. The van der Waals surface area contributed by atoms with Gasteiger partial charge in [0.25, 0.3) is 6.47 Å². The Kier molecular flexibility index (Phi) is 7.86. The Labute approximate surface area is 137 Å². The summed E-state index contributed by atoms with van der Waals surface area (Å²) in [5.41, 5.74) is 4.99. The summed E-state index contributed by atoms with van der Waals surface area (Å²) in [6.45, 7) is 18.9. The van der Waals surface area contributed by atoms with Crippen LogP contribution in [0.5, 0.6) is 0 Å². The molecular formula is C20H34O2. The third-order valence-electron chi connectivity index (χ3n) is 3.89. The molecule has 0 amide bonds. The first-order valence-corrected chi connectivity index (χ1v) is 7.96. The van der Waals surface area contributed by atoms with E-state index in [0.717, 1.165) is 0 Å². The molecule has 1 unspecified atom stereocenters. The van der Waals surface area contributed by atoms with Crippen molar-refractivity contribution in [1.29, 1.82) is 0 Å². The molecule has 0 radical (unpaired) electrons. The van der Waals surface area contributed by atoms with E-state index in [0.29, 0.717) is 23.2 Å². The van der Waals surface area contributed by atoms with Crippen LogP contribution in [0.2, 0.25) is 0 Å². The zero-order valence-electron chi connectivity index (χ0n) is 15.9. The number of rotatable bonds is 3. The van der Waals surface area contributed by atoms with E-state index in [1.807, 2.05) is 0 Å². The fourth-order valence-electron chi connectivity index (χ4n) is 2.52. The number of benzene rings is 1. The van der Waals surface area contributed by atoms with Crippen molar-refractivity contribution in [2.45, 2.75) is 67.7 Å². The van der Waals surface area contributed by atoms with Gasteiger partial charge in [-0.15, -0.1) is 0 Å². The van der Waals surface area contributed by atoms with Gasteiger partial charge in [0, 0.05) is 0 Å². The minimum absolute atomic E-state index is 0.314. The molecule has 2 heteroatoms. The van der Waals surface area contributed by atoms with Gasteiger partial charge in [0.15, 0.2) is 0 Å². The smallest absolute Gasteiger partial charge is 0.292 e. The Morgan fingerprint density at radius 2 is 1.55 bits per heavy atom. The predicted molar refractivity (Wildman–Crippen MR) is 95.3 cm³/mol. The van der Waals surface area contributed by atoms with Gasteiger partial charge < -0.3 is 4.74 Å². The monoisotopic (exact) mass is 306 g/mol. The van der Waals surface area contributed by atoms with Gasteiger partial charge in [-0.2, -0.15) is 0 Å². The standard InChI is InChI=1S/C18H30.C2H4O2/c1-13-9-10-15(11-14(13)2)16(18(6,7)8)12-17(3,4)5;1-4-2-3/h9-11,16H,12H2,1-8H3;2H,1H3. The summed E-state index contributed by atoms with van der Waals surface area (Å²) < 4.78 is 3.86. The molecule has 0 saturated heterocycles. The number of ether oxygens (including phenoxy) is 1. The second-order valence-electron chi connectivity index (χ2n) is 8.36. The Morgan fingerprint density at radius 3 is 1.86 bits per heavy atom. The van der Waals surface area contributed by atoms with E-state index in [9.17, 15) is 0 Å². The molecule has 0 spiro atoms. The Balaban J connectivity index is 0.000000980. The molecule has 0 fully saturated rings. The third-order valence-corrected chi connectivity index (χ3v) is 3.89. The van der Waals surface area contributed by atoms with Crippen LogP contribution in [-0.2, 0) is 9.53 Å². The SMILES string of the molecule is COC=O.Cc1ccc(C(CC(C)(C)C)C(C)(C)C)cc1C. The van der Waals surface area contributed by atoms with Gasteiger partial charge in [-0.1, -0.05) is 59.7 Å². The molecule has 0 bridgehead atoms. The fraction of sp³-hybridized carbons (Fsp3) is 0.650. The Bertz CT molecular complexity index is 462. The van der Waals surface area contributed by atoms with Crippen molar-refractivity contribution < 1.29 is 9.53 Å². The Morgan fingerprint density at radius 1 is 1.05 bits per heavy atom. The van der Waals surface area contributed by atoms with E-state index in [4.69, 9.17) is 4.79 Å². The topological polar surface area (TPSA) is 26.3 Å². The van der Waals surface area contributed by atoms with Crippen LogP contribution in [-0.4, -0.2) is 13.6 Å². The molecular weight excluding hydrogens is 272 g/mol. The first-order chi connectivity index (χ1) is 9.92. The number of carbonyl (C=O) groups excluding carboxylic acids is 1. The van der Waals surface area contributed by atoms with E-state index in [-0.39, 0.29) is 0 Å². The van der Waals surface area contributed by atoms with Crippen LogP contribution in [0.4, 0.5) is 0 Å². The number of hydrogen-bond acceptors (Lipinski definition) is 2. The third kappa shape index (κ3) is 7.63. The number of hydrogen-bond donors (Lipinski definition) is 0. The average molecular weight is 306 g/mol. The molecule has 2 nitrogen and oxygen atoms in total. The molecule has 0 aliphatic carbocycles. The van der Waals surface area contributed by atoms with Crippen LogP contribution in [0.3, 0.4) is 0 Å². The van der Waals surface area contributed by atoms with Crippen LogP contribution in [0.15, 0.2) is 18.2 Å². The van der Waals surface area contributed by atoms with Crippen LogP contribution in [0.25, 0.3) is 0 Å². The highest BCUT2D eigenvalue weighted by atomic mass is 16.5. The number of aryl methyl sites for hydroxylation is 2. The van der Waals surface area contributed by atoms with Crippen molar-refractivity contribution in [3.8, 4) is 0 Å². The predicted octanol–water partition coefficient (Wildman–Crippen LogP) is 5.66. The summed E-state index contributed by atoms with van der Waals surface area (Å²) in [6, 6.07) is 6.98. The lowest BCUT2D eigenvalue weighted by Gasteiger charge is -2.36. The molecule has 0 aliphatic rings. The summed E-state index contributed by atoms with van der Waals surface area (Å²) >= 11 is 0. The van der Waals surface area contributed by atoms with Gasteiger partial charge >= 0.3 is 0 Å². The van der Waals surface area contributed by atoms with Crippen molar-refractivity contribution in [3.63, 3.8) is 0 Å². The number of carbonyl (C=O) groups is 1. The van der Waals surface area contributed by atoms with E-state index in [1.165, 1.54) is 30.2 Å². The first-order valence-electron chi connectivity index (χ1n) is 7.96. The maximum atomic E-state index is 8.95. The van der Waals surface area contributed by atoms with Gasteiger partial charge in [-0.25, -0.2) is 0 Å². The zero-order chi connectivity index (χ0) is 17.6. The number of methoxy groups -OCH3 is 1. The van der Waals surface area contributed by atoms with Crippen molar-refractivity contribution in [3.05, 3.63) is 34.9 Å². The molecule has 0 aromatic heterocycles.